The summed E-state index contributed by atoms with van der Waals surface area (Å²) in [7, 11) is 0. The summed E-state index contributed by atoms with van der Waals surface area (Å²) in [5.74, 6) is 0.216. The molecule has 0 aliphatic carbocycles. The van der Waals surface area contributed by atoms with Crippen molar-refractivity contribution in [3.05, 3.63) is 92.6 Å². The van der Waals surface area contributed by atoms with Gasteiger partial charge in [-0.2, -0.15) is 0 Å². The number of pyridine rings is 1. The van der Waals surface area contributed by atoms with E-state index in [0.717, 1.165) is 45.0 Å². The van der Waals surface area contributed by atoms with E-state index in [0.29, 0.717) is 51.5 Å². The van der Waals surface area contributed by atoms with E-state index in [4.69, 9.17) is 4.74 Å². The van der Waals surface area contributed by atoms with Crippen LogP contribution in [0.2, 0.25) is 0 Å². The van der Waals surface area contributed by atoms with Crippen LogP contribution in [0.3, 0.4) is 0 Å². The molecule has 2 fully saturated rings. The summed E-state index contributed by atoms with van der Waals surface area (Å²) >= 11 is 7.06. The van der Waals surface area contributed by atoms with Crippen LogP contribution in [-0.2, 0) is 22.4 Å². The lowest BCUT2D eigenvalue weighted by molar-refractivity contribution is -0.142. The van der Waals surface area contributed by atoms with Gasteiger partial charge in [-0.25, -0.2) is 9.59 Å². The Morgan fingerprint density at radius 2 is 1.60 bits per heavy atom. The number of anilines is 1. The molecule has 0 radical (unpaired) electrons. The van der Waals surface area contributed by atoms with Crippen molar-refractivity contribution in [1.82, 2.24) is 19.7 Å². The van der Waals surface area contributed by atoms with Crippen LogP contribution in [-0.4, -0.2) is 82.6 Å². The number of para-hydroxylation sites is 1. The number of nitrogens with zero attached hydrogens (tertiary/aromatic N) is 4. The van der Waals surface area contributed by atoms with Gasteiger partial charge in [-0.05, 0) is 117 Å². The van der Waals surface area contributed by atoms with Crippen molar-refractivity contribution in [2.75, 3.05) is 38.0 Å². The lowest BCUT2D eigenvalue weighted by Gasteiger charge is -2.38. The molecule has 0 saturated carbocycles. The maximum absolute atomic E-state index is 13.9. The van der Waals surface area contributed by atoms with Gasteiger partial charge in [0, 0.05) is 72.2 Å². The van der Waals surface area contributed by atoms with Gasteiger partial charge >= 0.3 is 12.1 Å². The SMILES string of the molecule is O=C(O[C@H](Cc1ccc(Br)c(Br)c1)C(=O)N1CCC(c2ccncc2)CC1)N1CCC(N2CCc3ccccc3NC2=O)CC1. The minimum absolute atomic E-state index is 0.0302. The summed E-state index contributed by atoms with van der Waals surface area (Å²) in [5.41, 5.74) is 4.13. The minimum atomic E-state index is -0.935. The Balaban J connectivity index is 1.08. The first-order valence-electron chi connectivity index (χ1n) is 15.6. The highest BCUT2D eigenvalue weighted by molar-refractivity contribution is 9.13. The van der Waals surface area contributed by atoms with Gasteiger partial charge in [0.2, 0.25) is 0 Å². The van der Waals surface area contributed by atoms with Crippen LogP contribution in [0.4, 0.5) is 15.3 Å². The number of fused-ring (bicyclic) bond motifs is 1. The van der Waals surface area contributed by atoms with Crippen LogP contribution >= 0.6 is 31.9 Å². The predicted molar refractivity (Wildman–Crippen MR) is 179 cm³/mol. The van der Waals surface area contributed by atoms with Crippen molar-refractivity contribution in [1.29, 1.82) is 0 Å². The average Bonchev–Trinajstić information content (AvgIpc) is 3.24. The van der Waals surface area contributed by atoms with E-state index >= 15 is 0 Å². The highest BCUT2D eigenvalue weighted by atomic mass is 79.9. The number of carbonyl (C=O) groups is 3. The fraction of sp³-hybridized carbons (Fsp3) is 0.412. The number of aromatic nitrogens is 1. The molecule has 1 aromatic heterocycles. The fourth-order valence-electron chi connectivity index (χ4n) is 6.63. The molecule has 3 aliphatic heterocycles. The van der Waals surface area contributed by atoms with Crippen LogP contribution in [0.25, 0.3) is 0 Å². The third-order valence-electron chi connectivity index (χ3n) is 9.21. The number of piperidine rings is 2. The number of carbonyl (C=O) groups excluding carboxylic acids is 3. The quantitative estimate of drug-likeness (QED) is 0.307. The Hall–Kier alpha value is -3.44. The van der Waals surface area contributed by atoms with Crippen LogP contribution in [0, 0.1) is 0 Å². The van der Waals surface area contributed by atoms with Gasteiger partial charge in [-0.1, -0.05) is 24.3 Å². The van der Waals surface area contributed by atoms with Crippen molar-refractivity contribution in [3.8, 4) is 0 Å². The average molecular weight is 740 g/mol. The molecule has 6 rings (SSSR count). The third-order valence-corrected chi connectivity index (χ3v) is 11.1. The van der Waals surface area contributed by atoms with E-state index in [2.05, 4.69) is 42.2 Å². The molecule has 2 saturated heterocycles. The molecule has 4 heterocycles. The standard InChI is InChI=1S/C34H37Br2N5O4/c35-28-6-5-23(21-29(28)36)22-31(32(42)39-16-9-25(10-17-39)24-7-14-37-15-8-24)45-34(44)40-18-12-27(13-19-40)41-20-11-26-3-1-2-4-30(26)38-33(41)43/h1-8,14-15,21,25,27,31H,9-13,16-20,22H2,(H,38,43)/t31-/m1/s1. The molecule has 4 amide bonds. The summed E-state index contributed by atoms with van der Waals surface area (Å²) in [4.78, 5) is 50.0. The molecule has 1 atom stereocenters. The normalized spacial score (nSPS) is 18.5. The Labute approximate surface area is 280 Å². The zero-order valence-electron chi connectivity index (χ0n) is 25.0. The number of likely N-dealkylation sites (tertiary alicyclic amines) is 2. The summed E-state index contributed by atoms with van der Waals surface area (Å²) < 4.78 is 7.81. The number of benzene rings is 2. The number of halogens is 2. The number of nitrogens with one attached hydrogen (secondary N) is 1. The largest absolute Gasteiger partial charge is 0.436 e. The molecule has 9 nitrogen and oxygen atoms in total. The first kappa shape index (κ1) is 31.5. The molecule has 11 heteroatoms. The van der Waals surface area contributed by atoms with Crippen LogP contribution in [0.15, 0.2) is 75.9 Å². The Kier molecular flexibility index (Phi) is 10.0. The van der Waals surface area contributed by atoms with Crippen molar-refractivity contribution in [2.45, 2.75) is 56.6 Å². The van der Waals surface area contributed by atoms with Gasteiger partial charge in [-0.15, -0.1) is 0 Å². The second-order valence-electron chi connectivity index (χ2n) is 12.0. The van der Waals surface area contributed by atoms with E-state index < -0.39 is 12.2 Å². The van der Waals surface area contributed by atoms with E-state index in [1.54, 1.807) is 4.90 Å². The van der Waals surface area contributed by atoms with Crippen molar-refractivity contribution in [3.63, 3.8) is 0 Å². The molecule has 2 aromatic carbocycles. The topological polar surface area (TPSA) is 95.1 Å². The van der Waals surface area contributed by atoms with Crippen molar-refractivity contribution in [2.24, 2.45) is 0 Å². The Morgan fingerprint density at radius 3 is 2.33 bits per heavy atom. The number of amides is 4. The summed E-state index contributed by atoms with van der Waals surface area (Å²) in [6, 6.07) is 17.7. The molecule has 0 bridgehead atoms. The Morgan fingerprint density at radius 1 is 0.889 bits per heavy atom. The smallest absolute Gasteiger partial charge is 0.410 e. The first-order valence-corrected chi connectivity index (χ1v) is 17.2. The zero-order valence-corrected chi connectivity index (χ0v) is 28.2. The third kappa shape index (κ3) is 7.52. The molecule has 45 heavy (non-hydrogen) atoms. The van der Waals surface area contributed by atoms with Gasteiger partial charge in [0.25, 0.3) is 5.91 Å². The summed E-state index contributed by atoms with van der Waals surface area (Å²) in [6.07, 6.45) is 6.27. The zero-order chi connectivity index (χ0) is 31.3. The van der Waals surface area contributed by atoms with E-state index in [1.807, 2.05) is 76.8 Å². The second-order valence-corrected chi connectivity index (χ2v) is 13.7. The summed E-state index contributed by atoms with van der Waals surface area (Å²) in [6.45, 7) is 2.77. The number of ether oxygens (including phenoxy) is 1. The number of hydrogen-bond donors (Lipinski definition) is 1. The number of urea groups is 1. The molecule has 0 spiro atoms. The van der Waals surface area contributed by atoms with Crippen molar-refractivity contribution < 1.29 is 19.1 Å². The molecule has 1 N–H and O–H groups in total. The van der Waals surface area contributed by atoms with Crippen LogP contribution in [0.5, 0.6) is 0 Å². The van der Waals surface area contributed by atoms with Gasteiger partial charge < -0.3 is 24.8 Å². The lowest BCUT2D eigenvalue weighted by atomic mass is 9.90. The monoisotopic (exact) mass is 737 g/mol. The van der Waals surface area contributed by atoms with Crippen molar-refractivity contribution >= 4 is 55.6 Å². The number of hydrogen-bond acceptors (Lipinski definition) is 5. The first-order chi connectivity index (χ1) is 21.9. The number of rotatable bonds is 6. The highest BCUT2D eigenvalue weighted by Crippen LogP contribution is 2.30. The maximum atomic E-state index is 13.9. The van der Waals surface area contributed by atoms with E-state index in [9.17, 15) is 14.4 Å². The van der Waals surface area contributed by atoms with E-state index in [1.165, 1.54) is 5.56 Å². The predicted octanol–water partition coefficient (Wildman–Crippen LogP) is 6.62. The second kappa shape index (κ2) is 14.3. The summed E-state index contributed by atoms with van der Waals surface area (Å²) in [5, 5.41) is 3.05. The molecular weight excluding hydrogens is 702 g/mol. The Bertz CT molecular complexity index is 1520. The molecule has 3 aromatic rings. The minimum Gasteiger partial charge on any atom is -0.436 e. The van der Waals surface area contributed by atoms with Crippen LogP contribution < -0.4 is 5.32 Å². The van der Waals surface area contributed by atoms with Gasteiger partial charge in [0.15, 0.2) is 6.10 Å². The van der Waals surface area contributed by atoms with E-state index in [-0.39, 0.29) is 24.4 Å². The van der Waals surface area contributed by atoms with Gasteiger partial charge in [0.1, 0.15) is 0 Å². The van der Waals surface area contributed by atoms with Gasteiger partial charge in [-0.3, -0.25) is 9.78 Å². The highest BCUT2D eigenvalue weighted by Gasteiger charge is 2.35. The van der Waals surface area contributed by atoms with Crippen LogP contribution in [0.1, 0.15) is 48.3 Å². The molecule has 3 aliphatic rings. The fourth-order valence-corrected chi connectivity index (χ4v) is 7.30. The molecular formula is C34H37Br2N5O4. The van der Waals surface area contributed by atoms with Gasteiger partial charge in [0.05, 0.1) is 0 Å². The maximum Gasteiger partial charge on any atom is 0.410 e. The molecule has 0 unspecified atom stereocenters. The molecule has 236 valence electrons. The lowest BCUT2D eigenvalue weighted by Crippen LogP contribution is -2.51.